The summed E-state index contributed by atoms with van der Waals surface area (Å²) in [6, 6.07) is 0. The van der Waals surface area contributed by atoms with Crippen molar-refractivity contribution in [1.29, 1.82) is 0 Å². The van der Waals surface area contributed by atoms with Crippen molar-refractivity contribution in [3.05, 3.63) is 23.8 Å². The monoisotopic (exact) mass is 238 g/mol. The number of ether oxygens (including phenoxy) is 4. The van der Waals surface area contributed by atoms with E-state index in [9.17, 15) is 4.79 Å². The Balaban J connectivity index is 1.98. The Morgan fingerprint density at radius 3 is 3.12 bits per heavy atom. The Hall–Kier alpha value is -1.17. The minimum absolute atomic E-state index is 0.245. The lowest BCUT2D eigenvalue weighted by molar-refractivity contribution is -0.181. The highest BCUT2D eigenvalue weighted by atomic mass is 16.7. The largest absolute Gasteiger partial charge is 0.453 e. The SMILES string of the molecule is CO[C@H]1OC2C=CC3=CCO[C@]32[C@H]1OC(C)=O. The highest BCUT2D eigenvalue weighted by Gasteiger charge is 2.64. The van der Waals surface area contributed by atoms with Crippen molar-refractivity contribution >= 4 is 5.97 Å². The van der Waals surface area contributed by atoms with Crippen molar-refractivity contribution in [2.24, 2.45) is 0 Å². The van der Waals surface area contributed by atoms with E-state index in [0.29, 0.717) is 6.61 Å². The van der Waals surface area contributed by atoms with E-state index >= 15 is 0 Å². The molecule has 0 N–H and O–H groups in total. The molecule has 5 heteroatoms. The van der Waals surface area contributed by atoms with Crippen LogP contribution in [0.25, 0.3) is 0 Å². The lowest BCUT2D eigenvalue weighted by Crippen LogP contribution is -2.49. The van der Waals surface area contributed by atoms with E-state index in [4.69, 9.17) is 18.9 Å². The zero-order valence-electron chi connectivity index (χ0n) is 9.71. The number of carbonyl (C=O) groups is 1. The second-order valence-electron chi connectivity index (χ2n) is 4.31. The molecule has 5 nitrogen and oxygen atoms in total. The minimum Gasteiger partial charge on any atom is -0.453 e. The summed E-state index contributed by atoms with van der Waals surface area (Å²) in [5.41, 5.74) is 0.306. The van der Waals surface area contributed by atoms with E-state index in [1.807, 2.05) is 18.2 Å². The van der Waals surface area contributed by atoms with Crippen LogP contribution < -0.4 is 0 Å². The predicted octanol–water partition coefficient (Wildman–Crippen LogP) is 0.555. The average Bonchev–Trinajstić information content (AvgIpc) is 2.88. The molecule has 0 bridgehead atoms. The fourth-order valence-electron chi connectivity index (χ4n) is 2.76. The van der Waals surface area contributed by atoms with Crippen molar-refractivity contribution in [2.75, 3.05) is 13.7 Å². The van der Waals surface area contributed by atoms with Gasteiger partial charge in [-0.05, 0) is 5.57 Å². The van der Waals surface area contributed by atoms with Crippen LogP contribution in [0, 0.1) is 0 Å². The third-order valence-electron chi connectivity index (χ3n) is 3.43. The van der Waals surface area contributed by atoms with E-state index in [1.54, 1.807) is 0 Å². The first-order valence-corrected chi connectivity index (χ1v) is 5.57. The molecule has 17 heavy (non-hydrogen) atoms. The van der Waals surface area contributed by atoms with Gasteiger partial charge >= 0.3 is 5.97 Å². The second kappa shape index (κ2) is 3.66. The summed E-state index contributed by atoms with van der Waals surface area (Å²) in [6.45, 7) is 1.88. The Kier molecular flexibility index (Phi) is 2.36. The lowest BCUT2D eigenvalue weighted by atomic mass is 9.90. The molecule has 0 aromatic carbocycles. The van der Waals surface area contributed by atoms with Gasteiger partial charge in [0.05, 0.1) is 6.61 Å². The fraction of sp³-hybridized carbons (Fsp3) is 0.583. The van der Waals surface area contributed by atoms with Gasteiger partial charge in [-0.3, -0.25) is 4.79 Å². The molecular weight excluding hydrogens is 224 g/mol. The maximum absolute atomic E-state index is 11.2. The van der Waals surface area contributed by atoms with E-state index in [1.165, 1.54) is 14.0 Å². The van der Waals surface area contributed by atoms with Gasteiger partial charge in [-0.1, -0.05) is 18.2 Å². The van der Waals surface area contributed by atoms with Gasteiger partial charge in [0, 0.05) is 14.0 Å². The number of methoxy groups -OCH3 is 1. The van der Waals surface area contributed by atoms with Gasteiger partial charge in [0.25, 0.3) is 0 Å². The molecule has 1 aliphatic carbocycles. The number of hydrogen-bond donors (Lipinski definition) is 0. The average molecular weight is 238 g/mol. The van der Waals surface area contributed by atoms with Crippen LogP contribution >= 0.6 is 0 Å². The topological polar surface area (TPSA) is 54.0 Å². The van der Waals surface area contributed by atoms with Gasteiger partial charge in [-0.25, -0.2) is 0 Å². The maximum Gasteiger partial charge on any atom is 0.303 e. The Labute approximate surface area is 99.0 Å². The lowest BCUT2D eigenvalue weighted by Gasteiger charge is -2.31. The molecule has 0 radical (unpaired) electrons. The summed E-state index contributed by atoms with van der Waals surface area (Å²) in [4.78, 5) is 11.2. The normalized spacial score (nSPS) is 42.2. The maximum atomic E-state index is 11.2. The molecule has 1 fully saturated rings. The molecule has 0 aromatic heterocycles. The number of esters is 1. The molecule has 1 unspecified atom stereocenters. The summed E-state index contributed by atoms with van der Waals surface area (Å²) in [6.07, 6.45) is 4.47. The summed E-state index contributed by atoms with van der Waals surface area (Å²) in [5.74, 6) is -0.363. The highest BCUT2D eigenvalue weighted by molar-refractivity contribution is 5.67. The molecule has 92 valence electrons. The van der Waals surface area contributed by atoms with Gasteiger partial charge in [-0.2, -0.15) is 0 Å². The third kappa shape index (κ3) is 1.33. The Morgan fingerprint density at radius 1 is 1.59 bits per heavy atom. The predicted molar refractivity (Wildman–Crippen MR) is 57.1 cm³/mol. The molecule has 1 spiro atoms. The molecule has 4 atom stereocenters. The van der Waals surface area contributed by atoms with Gasteiger partial charge in [0.1, 0.15) is 6.10 Å². The number of hydrogen-bond acceptors (Lipinski definition) is 5. The van der Waals surface area contributed by atoms with Gasteiger partial charge in [0.2, 0.25) is 0 Å². The van der Waals surface area contributed by atoms with E-state index < -0.39 is 18.0 Å². The van der Waals surface area contributed by atoms with Crippen molar-refractivity contribution in [1.82, 2.24) is 0 Å². The first-order valence-electron chi connectivity index (χ1n) is 5.57. The molecule has 1 saturated heterocycles. The smallest absolute Gasteiger partial charge is 0.303 e. The number of carbonyl (C=O) groups excluding carboxylic acids is 1. The first kappa shape index (κ1) is 11.0. The van der Waals surface area contributed by atoms with Crippen molar-refractivity contribution < 1.29 is 23.7 Å². The van der Waals surface area contributed by atoms with Gasteiger partial charge in [0.15, 0.2) is 18.0 Å². The highest BCUT2D eigenvalue weighted by Crippen LogP contribution is 2.49. The van der Waals surface area contributed by atoms with Crippen LogP contribution in [0.2, 0.25) is 0 Å². The van der Waals surface area contributed by atoms with Crippen LogP contribution in [-0.2, 0) is 23.7 Å². The van der Waals surface area contributed by atoms with Crippen molar-refractivity contribution in [3.8, 4) is 0 Å². The van der Waals surface area contributed by atoms with Crippen LogP contribution in [0.4, 0.5) is 0 Å². The zero-order valence-corrected chi connectivity index (χ0v) is 9.71. The summed E-state index contributed by atoms with van der Waals surface area (Å²) >= 11 is 0. The molecular formula is C12H14O5. The van der Waals surface area contributed by atoms with Crippen molar-refractivity contribution in [3.63, 3.8) is 0 Å². The van der Waals surface area contributed by atoms with E-state index in [0.717, 1.165) is 5.57 Å². The fourth-order valence-corrected chi connectivity index (χ4v) is 2.76. The molecule has 2 heterocycles. The number of rotatable bonds is 2. The van der Waals surface area contributed by atoms with Crippen LogP contribution in [0.1, 0.15) is 6.92 Å². The summed E-state index contributed by atoms with van der Waals surface area (Å²) in [5, 5.41) is 0. The molecule has 0 saturated carbocycles. The van der Waals surface area contributed by atoms with Gasteiger partial charge < -0.3 is 18.9 Å². The first-order chi connectivity index (χ1) is 8.18. The van der Waals surface area contributed by atoms with Crippen LogP contribution in [0.15, 0.2) is 23.8 Å². The molecule has 0 aromatic rings. The van der Waals surface area contributed by atoms with Crippen molar-refractivity contribution in [2.45, 2.75) is 31.0 Å². The molecule has 3 rings (SSSR count). The molecule has 0 amide bonds. The zero-order chi connectivity index (χ0) is 12.0. The van der Waals surface area contributed by atoms with E-state index in [-0.39, 0.29) is 12.1 Å². The standard InChI is InChI=1S/C12H14O5/c1-7(13)16-10-11(14-2)17-9-4-3-8-5-6-15-12(8,9)10/h3-5,9-11H,6H2,1-2H3/t9?,10-,11-,12+/m0/s1. The molecule has 3 aliphatic rings. The minimum atomic E-state index is -0.702. The quantitative estimate of drug-likeness (QED) is 0.658. The third-order valence-corrected chi connectivity index (χ3v) is 3.43. The summed E-state index contributed by atoms with van der Waals surface area (Å²) < 4.78 is 22.1. The van der Waals surface area contributed by atoms with Crippen LogP contribution in [0.3, 0.4) is 0 Å². The van der Waals surface area contributed by atoms with E-state index in [2.05, 4.69) is 0 Å². The summed E-state index contributed by atoms with van der Waals surface area (Å²) in [7, 11) is 1.53. The van der Waals surface area contributed by atoms with Crippen LogP contribution in [-0.4, -0.2) is 43.8 Å². The van der Waals surface area contributed by atoms with Gasteiger partial charge in [-0.15, -0.1) is 0 Å². The van der Waals surface area contributed by atoms with Crippen LogP contribution in [0.5, 0.6) is 0 Å². The Morgan fingerprint density at radius 2 is 2.41 bits per heavy atom. The molecule has 2 aliphatic heterocycles. The second-order valence-corrected chi connectivity index (χ2v) is 4.31. The Bertz CT molecular complexity index is 413.